The minimum Gasteiger partial charge on any atom is -0.465 e. The number of ether oxygens (including phenoxy) is 1. The van der Waals surface area contributed by atoms with E-state index in [1.807, 2.05) is 24.3 Å². The number of methoxy groups -OCH3 is 1. The maximum Gasteiger partial charge on any atom is 0.337 e. The maximum atomic E-state index is 11.8. The Labute approximate surface area is 152 Å². The Morgan fingerprint density at radius 3 is 2.31 bits per heavy atom. The van der Waals surface area contributed by atoms with Crippen LogP contribution in [0.3, 0.4) is 0 Å². The van der Waals surface area contributed by atoms with Gasteiger partial charge in [0.1, 0.15) is 0 Å². The van der Waals surface area contributed by atoms with E-state index in [0.717, 1.165) is 5.56 Å². The Kier molecular flexibility index (Phi) is 6.91. The van der Waals surface area contributed by atoms with Gasteiger partial charge in [-0.05, 0) is 41.3 Å². The number of hydrogen-bond acceptors (Lipinski definition) is 5. The van der Waals surface area contributed by atoms with Gasteiger partial charge in [-0.15, -0.1) is 0 Å². The van der Waals surface area contributed by atoms with Gasteiger partial charge in [0.25, 0.3) is 5.91 Å². The zero-order valence-electron chi connectivity index (χ0n) is 15.1. The number of hydrogen-bond donors (Lipinski definition) is 1. The Morgan fingerprint density at radius 1 is 1.08 bits per heavy atom. The van der Waals surface area contributed by atoms with Gasteiger partial charge in [-0.25, -0.2) is 4.79 Å². The predicted molar refractivity (Wildman–Crippen MR) is 100 cm³/mol. The fourth-order valence-corrected chi connectivity index (χ4v) is 2.17. The first kappa shape index (κ1) is 19.2. The molecule has 2 rings (SSSR count). The Morgan fingerprint density at radius 2 is 1.73 bits per heavy atom. The lowest BCUT2D eigenvalue weighted by molar-refractivity contribution is -0.120. The largest absolute Gasteiger partial charge is 0.465 e. The van der Waals surface area contributed by atoms with Gasteiger partial charge in [0.2, 0.25) is 0 Å². The van der Waals surface area contributed by atoms with Crippen molar-refractivity contribution in [1.29, 1.82) is 0 Å². The quantitative estimate of drug-likeness (QED) is 0.468. The first-order valence-corrected chi connectivity index (χ1v) is 8.23. The number of oxime groups is 1. The van der Waals surface area contributed by atoms with Crippen LogP contribution in [0.15, 0.2) is 53.7 Å². The molecule has 6 heteroatoms. The van der Waals surface area contributed by atoms with E-state index in [-0.39, 0.29) is 12.5 Å². The van der Waals surface area contributed by atoms with Gasteiger partial charge in [0.05, 0.1) is 18.9 Å². The summed E-state index contributed by atoms with van der Waals surface area (Å²) in [6.45, 7) is 4.06. The van der Waals surface area contributed by atoms with E-state index < -0.39 is 5.97 Å². The number of carbonyl (C=O) groups excluding carboxylic acids is 2. The summed E-state index contributed by atoms with van der Waals surface area (Å²) in [5, 5.41) is 6.45. The summed E-state index contributed by atoms with van der Waals surface area (Å²) < 4.78 is 4.62. The summed E-state index contributed by atoms with van der Waals surface area (Å²) in [6.07, 6.45) is 1.56. The Balaban J connectivity index is 1.78. The minimum absolute atomic E-state index is 0.209. The van der Waals surface area contributed by atoms with Gasteiger partial charge >= 0.3 is 5.97 Å². The molecule has 0 aromatic heterocycles. The molecule has 0 heterocycles. The number of nitrogens with one attached hydrogen (secondary N) is 1. The lowest BCUT2D eigenvalue weighted by atomic mass is 10.0. The van der Waals surface area contributed by atoms with Gasteiger partial charge < -0.3 is 14.9 Å². The summed E-state index contributed by atoms with van der Waals surface area (Å²) in [6, 6.07) is 14.3. The van der Waals surface area contributed by atoms with Crippen molar-refractivity contribution in [1.82, 2.24) is 0 Å². The van der Waals surface area contributed by atoms with Crippen molar-refractivity contribution in [2.24, 2.45) is 5.16 Å². The molecule has 136 valence electrons. The number of nitrogens with zero attached hydrogens (tertiary/aromatic N) is 1. The SMILES string of the molecule is COC(=O)c1ccc(NC(=O)CO/N=C\c2ccc(C(C)C)cc2)cc1. The molecule has 0 unspecified atom stereocenters. The molecule has 0 aliphatic heterocycles. The van der Waals surface area contributed by atoms with Crippen LogP contribution in [0, 0.1) is 0 Å². The lowest BCUT2D eigenvalue weighted by Gasteiger charge is -2.05. The summed E-state index contributed by atoms with van der Waals surface area (Å²) in [7, 11) is 1.31. The topological polar surface area (TPSA) is 77.0 Å². The molecule has 2 aromatic rings. The lowest BCUT2D eigenvalue weighted by Crippen LogP contribution is -2.17. The molecule has 0 spiro atoms. The second-order valence-corrected chi connectivity index (χ2v) is 5.95. The molecular weight excluding hydrogens is 332 g/mol. The van der Waals surface area contributed by atoms with Crippen molar-refractivity contribution in [3.63, 3.8) is 0 Å². The second-order valence-electron chi connectivity index (χ2n) is 5.95. The number of rotatable bonds is 7. The van der Waals surface area contributed by atoms with Crippen LogP contribution in [0.2, 0.25) is 0 Å². The molecular formula is C20H22N2O4. The molecule has 0 aliphatic rings. The van der Waals surface area contributed by atoms with Crippen molar-refractivity contribution in [3.8, 4) is 0 Å². The molecule has 1 N–H and O–H groups in total. The third kappa shape index (κ3) is 5.73. The van der Waals surface area contributed by atoms with E-state index in [4.69, 9.17) is 4.84 Å². The number of amides is 1. The summed E-state index contributed by atoms with van der Waals surface area (Å²) in [5.74, 6) is -0.298. The summed E-state index contributed by atoms with van der Waals surface area (Å²) >= 11 is 0. The highest BCUT2D eigenvalue weighted by atomic mass is 16.6. The van der Waals surface area contributed by atoms with Crippen LogP contribution in [-0.2, 0) is 14.4 Å². The standard InChI is InChI=1S/C20H22N2O4/c1-14(2)16-6-4-15(5-7-16)12-21-26-13-19(23)22-18-10-8-17(9-11-18)20(24)25-3/h4-12,14H,13H2,1-3H3,(H,22,23)/b21-12-. The van der Waals surface area contributed by atoms with Crippen LogP contribution < -0.4 is 5.32 Å². The van der Waals surface area contributed by atoms with E-state index >= 15 is 0 Å². The van der Waals surface area contributed by atoms with Crippen molar-refractivity contribution in [2.45, 2.75) is 19.8 Å². The average Bonchev–Trinajstić information content (AvgIpc) is 2.65. The van der Waals surface area contributed by atoms with Crippen LogP contribution in [0.25, 0.3) is 0 Å². The minimum atomic E-state index is -0.429. The van der Waals surface area contributed by atoms with E-state index in [2.05, 4.69) is 29.1 Å². The van der Waals surface area contributed by atoms with E-state index in [1.54, 1.807) is 30.5 Å². The van der Waals surface area contributed by atoms with Crippen molar-refractivity contribution in [3.05, 3.63) is 65.2 Å². The van der Waals surface area contributed by atoms with Gasteiger partial charge in [0, 0.05) is 5.69 Å². The maximum absolute atomic E-state index is 11.8. The van der Waals surface area contributed by atoms with Gasteiger partial charge in [-0.1, -0.05) is 43.3 Å². The first-order chi connectivity index (χ1) is 12.5. The Hall–Kier alpha value is -3.15. The van der Waals surface area contributed by atoms with Crippen LogP contribution in [-0.4, -0.2) is 31.8 Å². The number of carbonyl (C=O) groups is 2. The number of esters is 1. The normalized spacial score (nSPS) is 10.8. The number of benzene rings is 2. The zero-order valence-corrected chi connectivity index (χ0v) is 15.1. The highest BCUT2D eigenvalue weighted by molar-refractivity contribution is 5.93. The number of anilines is 1. The molecule has 0 fully saturated rings. The van der Waals surface area contributed by atoms with E-state index in [9.17, 15) is 9.59 Å². The van der Waals surface area contributed by atoms with Crippen molar-refractivity contribution in [2.75, 3.05) is 19.0 Å². The average molecular weight is 354 g/mol. The van der Waals surface area contributed by atoms with Gasteiger partial charge in [-0.3, -0.25) is 4.79 Å². The summed E-state index contributed by atoms with van der Waals surface area (Å²) in [5.41, 5.74) is 3.11. The molecule has 26 heavy (non-hydrogen) atoms. The van der Waals surface area contributed by atoms with Crippen molar-refractivity contribution >= 4 is 23.8 Å². The second kappa shape index (κ2) is 9.36. The predicted octanol–water partition coefficient (Wildman–Crippen LogP) is 3.59. The third-order valence-electron chi connectivity index (χ3n) is 3.66. The Bertz CT molecular complexity index is 765. The molecule has 0 atom stereocenters. The molecule has 0 bridgehead atoms. The third-order valence-corrected chi connectivity index (χ3v) is 3.66. The van der Waals surface area contributed by atoms with Crippen molar-refractivity contribution < 1.29 is 19.2 Å². The molecule has 2 aromatic carbocycles. The van der Waals surface area contributed by atoms with Crippen LogP contribution in [0.1, 0.15) is 41.3 Å². The molecule has 1 amide bonds. The van der Waals surface area contributed by atoms with Gasteiger partial charge in [0.15, 0.2) is 6.61 Å². The fourth-order valence-electron chi connectivity index (χ4n) is 2.17. The zero-order chi connectivity index (χ0) is 18.9. The molecule has 0 saturated heterocycles. The van der Waals surface area contributed by atoms with Crippen LogP contribution in [0.5, 0.6) is 0 Å². The fraction of sp³-hybridized carbons (Fsp3) is 0.250. The van der Waals surface area contributed by atoms with E-state index in [0.29, 0.717) is 17.2 Å². The highest BCUT2D eigenvalue weighted by Crippen LogP contribution is 2.14. The van der Waals surface area contributed by atoms with Gasteiger partial charge in [-0.2, -0.15) is 0 Å². The van der Waals surface area contributed by atoms with E-state index in [1.165, 1.54) is 12.7 Å². The highest BCUT2D eigenvalue weighted by Gasteiger charge is 2.06. The van der Waals surface area contributed by atoms with Crippen LogP contribution >= 0.6 is 0 Å². The summed E-state index contributed by atoms with van der Waals surface area (Å²) in [4.78, 5) is 28.2. The monoisotopic (exact) mass is 354 g/mol. The van der Waals surface area contributed by atoms with Crippen LogP contribution in [0.4, 0.5) is 5.69 Å². The molecule has 0 radical (unpaired) electrons. The molecule has 0 aliphatic carbocycles. The molecule has 6 nitrogen and oxygen atoms in total. The molecule has 0 saturated carbocycles. The smallest absolute Gasteiger partial charge is 0.337 e. The first-order valence-electron chi connectivity index (χ1n) is 8.23.